The van der Waals surface area contributed by atoms with Gasteiger partial charge in [-0.1, -0.05) is 56.3 Å². The second-order valence-electron chi connectivity index (χ2n) is 9.56. The number of ether oxygens (including phenoxy) is 1. The molecule has 0 aliphatic heterocycles. The van der Waals surface area contributed by atoms with Gasteiger partial charge in [-0.15, -0.1) is 0 Å². The molecule has 0 radical (unpaired) electrons. The Morgan fingerprint density at radius 3 is 2.22 bits per heavy atom. The first-order valence-corrected chi connectivity index (χ1v) is 12.6. The molecular weight excluding hydrogens is 456 g/mol. The Labute approximate surface area is 215 Å². The smallest absolute Gasteiger partial charge is 0.242 e. The van der Waals surface area contributed by atoms with Crippen LogP contribution in [0, 0.1) is 5.92 Å². The number of hydrogen-bond acceptors (Lipinski definition) is 6. The zero-order chi connectivity index (χ0) is 26.3. The maximum Gasteiger partial charge on any atom is 0.242 e. The average molecular weight is 499 g/mol. The van der Waals surface area contributed by atoms with Crippen molar-refractivity contribution in [2.24, 2.45) is 5.92 Å². The second-order valence-corrected chi connectivity index (χ2v) is 9.56. The van der Waals surface area contributed by atoms with Crippen LogP contribution in [-0.4, -0.2) is 74.2 Å². The van der Waals surface area contributed by atoms with Crippen LogP contribution in [0.2, 0.25) is 0 Å². The lowest BCUT2D eigenvalue weighted by Crippen LogP contribution is -2.54. The molecule has 0 spiro atoms. The third-order valence-corrected chi connectivity index (χ3v) is 5.75. The Morgan fingerprint density at radius 2 is 1.61 bits per heavy atom. The van der Waals surface area contributed by atoms with E-state index in [1.165, 1.54) is 0 Å². The highest BCUT2D eigenvalue weighted by molar-refractivity contribution is 5.90. The van der Waals surface area contributed by atoms with E-state index < -0.39 is 6.04 Å². The SMILES string of the molecule is CC(C)C[C@H](C(=O)N[C@@H](Cc1ccc(OCc2ccccc2)cc1)C(=O)NCCNCCO)N(C)C. The van der Waals surface area contributed by atoms with Crippen molar-refractivity contribution in [1.82, 2.24) is 20.9 Å². The zero-order valence-corrected chi connectivity index (χ0v) is 22.0. The van der Waals surface area contributed by atoms with Crippen LogP contribution >= 0.6 is 0 Å². The molecule has 0 fully saturated rings. The number of benzene rings is 2. The molecule has 0 aliphatic rings. The van der Waals surface area contributed by atoms with Crippen molar-refractivity contribution < 1.29 is 19.4 Å². The molecule has 2 atom stereocenters. The van der Waals surface area contributed by atoms with Crippen LogP contribution in [0.1, 0.15) is 31.4 Å². The van der Waals surface area contributed by atoms with Crippen molar-refractivity contribution >= 4 is 11.8 Å². The van der Waals surface area contributed by atoms with Crippen LogP contribution in [0.25, 0.3) is 0 Å². The molecule has 2 aromatic rings. The Kier molecular flexibility index (Phi) is 13.0. The van der Waals surface area contributed by atoms with Gasteiger partial charge in [0.15, 0.2) is 0 Å². The van der Waals surface area contributed by atoms with Crippen molar-refractivity contribution in [3.05, 3.63) is 65.7 Å². The Hall–Kier alpha value is -2.94. The number of carbonyl (C=O) groups is 2. The fourth-order valence-electron chi connectivity index (χ4n) is 3.78. The molecule has 4 N–H and O–H groups in total. The van der Waals surface area contributed by atoms with Crippen LogP contribution in [0.15, 0.2) is 54.6 Å². The number of amides is 2. The maximum absolute atomic E-state index is 13.1. The fraction of sp³-hybridized carbons (Fsp3) is 0.500. The van der Waals surface area contributed by atoms with E-state index >= 15 is 0 Å². The number of likely N-dealkylation sites (N-methyl/N-ethyl adjacent to an activating group) is 1. The summed E-state index contributed by atoms with van der Waals surface area (Å²) in [5, 5.41) is 17.8. The lowest BCUT2D eigenvalue weighted by atomic mass is 10.0. The highest BCUT2D eigenvalue weighted by Gasteiger charge is 2.27. The van der Waals surface area contributed by atoms with Gasteiger partial charge >= 0.3 is 0 Å². The number of nitrogens with one attached hydrogen (secondary N) is 3. The van der Waals surface area contributed by atoms with Crippen molar-refractivity contribution in [3.63, 3.8) is 0 Å². The predicted molar refractivity (Wildman–Crippen MR) is 143 cm³/mol. The Bertz CT molecular complexity index is 904. The predicted octanol–water partition coefficient (Wildman–Crippen LogP) is 1.97. The van der Waals surface area contributed by atoms with Gasteiger partial charge in [0.25, 0.3) is 0 Å². The molecule has 0 bridgehead atoms. The van der Waals surface area contributed by atoms with Gasteiger partial charge in [-0.25, -0.2) is 0 Å². The van der Waals surface area contributed by atoms with E-state index in [1.54, 1.807) is 0 Å². The van der Waals surface area contributed by atoms with Gasteiger partial charge in [0, 0.05) is 26.1 Å². The molecule has 0 heterocycles. The summed E-state index contributed by atoms with van der Waals surface area (Å²) in [6, 6.07) is 16.5. The lowest BCUT2D eigenvalue weighted by Gasteiger charge is -2.27. The summed E-state index contributed by atoms with van der Waals surface area (Å²) < 4.78 is 5.86. The number of nitrogens with zero attached hydrogens (tertiary/aromatic N) is 1. The van der Waals surface area contributed by atoms with Crippen LogP contribution in [0.3, 0.4) is 0 Å². The molecule has 0 aliphatic carbocycles. The highest BCUT2D eigenvalue weighted by atomic mass is 16.5. The molecular formula is C28H42N4O4. The molecule has 0 saturated heterocycles. The number of rotatable bonds is 16. The fourth-order valence-corrected chi connectivity index (χ4v) is 3.78. The molecule has 0 aromatic heterocycles. The van der Waals surface area contributed by atoms with E-state index in [0.717, 1.165) is 16.9 Å². The normalized spacial score (nSPS) is 12.9. The molecule has 198 valence electrons. The minimum Gasteiger partial charge on any atom is -0.489 e. The van der Waals surface area contributed by atoms with E-state index in [9.17, 15) is 9.59 Å². The van der Waals surface area contributed by atoms with E-state index in [0.29, 0.717) is 45.0 Å². The van der Waals surface area contributed by atoms with Gasteiger partial charge in [0.2, 0.25) is 11.8 Å². The van der Waals surface area contributed by atoms with Crippen LogP contribution in [-0.2, 0) is 22.6 Å². The first-order chi connectivity index (χ1) is 17.3. The van der Waals surface area contributed by atoms with Crippen molar-refractivity contribution in [1.29, 1.82) is 0 Å². The van der Waals surface area contributed by atoms with E-state index in [2.05, 4.69) is 29.8 Å². The lowest BCUT2D eigenvalue weighted by molar-refractivity contribution is -0.131. The van der Waals surface area contributed by atoms with Crippen LogP contribution < -0.4 is 20.7 Å². The summed E-state index contributed by atoms with van der Waals surface area (Å²) in [6.07, 6.45) is 1.06. The second kappa shape index (κ2) is 15.9. The highest BCUT2D eigenvalue weighted by Crippen LogP contribution is 2.16. The third-order valence-electron chi connectivity index (χ3n) is 5.75. The zero-order valence-electron chi connectivity index (χ0n) is 22.0. The topological polar surface area (TPSA) is 103 Å². The van der Waals surface area contributed by atoms with Gasteiger partial charge in [-0.05, 0) is 49.7 Å². The van der Waals surface area contributed by atoms with E-state index in [1.807, 2.05) is 73.6 Å². The summed E-state index contributed by atoms with van der Waals surface area (Å²) in [5.74, 6) is 0.694. The molecule has 8 heteroatoms. The molecule has 2 amide bonds. The van der Waals surface area contributed by atoms with E-state index in [4.69, 9.17) is 9.84 Å². The Morgan fingerprint density at radius 1 is 0.917 bits per heavy atom. The summed E-state index contributed by atoms with van der Waals surface area (Å²) in [4.78, 5) is 28.0. The maximum atomic E-state index is 13.1. The van der Waals surface area contributed by atoms with Gasteiger partial charge in [-0.3, -0.25) is 14.5 Å². The molecule has 0 saturated carbocycles. The minimum atomic E-state index is -0.707. The summed E-state index contributed by atoms with van der Waals surface area (Å²) in [7, 11) is 3.76. The summed E-state index contributed by atoms with van der Waals surface area (Å²) in [5.41, 5.74) is 2.01. The van der Waals surface area contributed by atoms with Crippen LogP contribution in [0.4, 0.5) is 0 Å². The van der Waals surface area contributed by atoms with Crippen molar-refractivity contribution in [2.45, 2.75) is 45.4 Å². The first-order valence-electron chi connectivity index (χ1n) is 12.6. The molecule has 0 unspecified atom stereocenters. The summed E-state index contributed by atoms with van der Waals surface area (Å²) in [6.45, 7) is 6.08. The van der Waals surface area contributed by atoms with Gasteiger partial charge < -0.3 is 25.8 Å². The van der Waals surface area contributed by atoms with E-state index in [-0.39, 0.29) is 24.5 Å². The molecule has 36 heavy (non-hydrogen) atoms. The molecule has 2 aromatic carbocycles. The Balaban J connectivity index is 2.05. The molecule has 2 rings (SSSR count). The minimum absolute atomic E-state index is 0.0411. The number of carbonyl (C=O) groups excluding carboxylic acids is 2. The average Bonchev–Trinajstić information content (AvgIpc) is 2.86. The van der Waals surface area contributed by atoms with Gasteiger partial charge in [0.1, 0.15) is 18.4 Å². The standard InChI is InChI=1S/C28H42N4O4/c1-21(2)18-26(32(3)4)28(35)31-25(27(34)30-15-14-29-16-17-33)19-22-10-12-24(13-11-22)36-20-23-8-6-5-7-9-23/h5-13,21,25-26,29,33H,14-20H2,1-4H3,(H,30,34)(H,31,35)/t25-,26+/m0/s1. The van der Waals surface area contributed by atoms with Crippen molar-refractivity contribution in [3.8, 4) is 5.75 Å². The van der Waals surface area contributed by atoms with Crippen LogP contribution in [0.5, 0.6) is 5.75 Å². The third kappa shape index (κ3) is 10.8. The quantitative estimate of drug-likeness (QED) is 0.264. The van der Waals surface area contributed by atoms with Crippen molar-refractivity contribution in [2.75, 3.05) is 40.3 Å². The monoisotopic (exact) mass is 498 g/mol. The van der Waals surface area contributed by atoms with Gasteiger partial charge in [-0.2, -0.15) is 0 Å². The number of aliphatic hydroxyl groups excluding tert-OH is 1. The first kappa shape index (κ1) is 29.3. The molecule has 8 nitrogen and oxygen atoms in total. The van der Waals surface area contributed by atoms with Gasteiger partial charge in [0.05, 0.1) is 12.6 Å². The number of hydrogen-bond donors (Lipinski definition) is 4. The largest absolute Gasteiger partial charge is 0.489 e. The number of aliphatic hydroxyl groups is 1. The summed E-state index contributed by atoms with van der Waals surface area (Å²) >= 11 is 0.